The highest BCUT2D eigenvalue weighted by molar-refractivity contribution is 9.10. The van der Waals surface area contributed by atoms with Crippen molar-refractivity contribution in [1.29, 1.82) is 0 Å². The molecule has 2 aromatic rings. The van der Waals surface area contributed by atoms with Crippen molar-refractivity contribution >= 4 is 27.5 Å². The first kappa shape index (κ1) is 14.6. The van der Waals surface area contributed by atoms with Crippen molar-refractivity contribution in [3.05, 3.63) is 46.2 Å². The van der Waals surface area contributed by atoms with Gasteiger partial charge in [-0.3, -0.25) is 9.89 Å². The third kappa shape index (κ3) is 2.84. The first-order valence-electron chi connectivity index (χ1n) is 5.45. The van der Waals surface area contributed by atoms with Gasteiger partial charge in [-0.15, -0.1) is 0 Å². The standard InChI is InChI=1S/C12H9BrF3N3O/c1-19(11(20)9-6-17-18-10(9)13)8-4-2-3-7(5-8)12(14,15)16/h2-6H,1H3,(H,17,18). The molecule has 2 rings (SSSR count). The average molecular weight is 348 g/mol. The lowest BCUT2D eigenvalue weighted by atomic mass is 10.1. The summed E-state index contributed by atoms with van der Waals surface area (Å²) in [5.74, 6) is -0.468. The molecule has 1 aromatic heterocycles. The number of nitrogens with one attached hydrogen (secondary N) is 1. The molecule has 0 aliphatic carbocycles. The summed E-state index contributed by atoms with van der Waals surface area (Å²) < 4.78 is 38.3. The van der Waals surface area contributed by atoms with E-state index in [0.29, 0.717) is 4.60 Å². The van der Waals surface area contributed by atoms with Gasteiger partial charge in [0.05, 0.1) is 17.3 Å². The van der Waals surface area contributed by atoms with Crippen LogP contribution in [0, 0.1) is 0 Å². The zero-order valence-electron chi connectivity index (χ0n) is 10.2. The molecule has 0 spiro atoms. The van der Waals surface area contributed by atoms with Crippen molar-refractivity contribution in [2.45, 2.75) is 6.18 Å². The van der Waals surface area contributed by atoms with Crippen molar-refractivity contribution in [2.24, 2.45) is 0 Å². The molecule has 1 N–H and O–H groups in total. The number of rotatable bonds is 2. The van der Waals surface area contributed by atoms with Gasteiger partial charge in [0, 0.05) is 12.7 Å². The molecular formula is C12H9BrF3N3O. The predicted molar refractivity (Wildman–Crippen MR) is 70.5 cm³/mol. The second-order valence-electron chi connectivity index (χ2n) is 4.01. The van der Waals surface area contributed by atoms with Crippen LogP contribution in [0.3, 0.4) is 0 Å². The third-order valence-corrected chi connectivity index (χ3v) is 3.29. The van der Waals surface area contributed by atoms with Gasteiger partial charge in [-0.2, -0.15) is 18.3 Å². The smallest absolute Gasteiger partial charge is 0.311 e. The molecule has 8 heteroatoms. The quantitative estimate of drug-likeness (QED) is 0.904. The second kappa shape index (κ2) is 5.28. The number of benzene rings is 1. The summed E-state index contributed by atoms with van der Waals surface area (Å²) in [7, 11) is 1.40. The number of halogens is 4. The molecule has 1 amide bonds. The Morgan fingerprint density at radius 1 is 1.40 bits per heavy atom. The van der Waals surface area contributed by atoms with Crippen molar-refractivity contribution in [1.82, 2.24) is 10.2 Å². The molecule has 1 heterocycles. The molecule has 0 bridgehead atoms. The van der Waals surface area contributed by atoms with Gasteiger partial charge in [-0.1, -0.05) is 6.07 Å². The Bertz CT molecular complexity index is 639. The van der Waals surface area contributed by atoms with Crippen LogP contribution >= 0.6 is 15.9 Å². The van der Waals surface area contributed by atoms with Crippen LogP contribution in [-0.4, -0.2) is 23.2 Å². The Hall–Kier alpha value is -1.83. The van der Waals surface area contributed by atoms with E-state index in [2.05, 4.69) is 26.1 Å². The summed E-state index contributed by atoms with van der Waals surface area (Å²) in [6.07, 6.45) is -3.15. The lowest BCUT2D eigenvalue weighted by Gasteiger charge is -2.18. The molecule has 0 unspecified atom stereocenters. The number of H-pyrrole nitrogens is 1. The van der Waals surface area contributed by atoms with Crippen molar-refractivity contribution in [3.63, 3.8) is 0 Å². The molecule has 106 valence electrons. The molecule has 0 radical (unpaired) electrons. The number of amides is 1. The zero-order valence-corrected chi connectivity index (χ0v) is 11.8. The minimum atomic E-state index is -4.45. The van der Waals surface area contributed by atoms with E-state index in [4.69, 9.17) is 0 Å². The Balaban J connectivity index is 2.32. The lowest BCUT2D eigenvalue weighted by Crippen LogP contribution is -2.26. The Morgan fingerprint density at radius 2 is 2.10 bits per heavy atom. The normalized spacial score (nSPS) is 11.4. The van der Waals surface area contributed by atoms with Crippen molar-refractivity contribution in [2.75, 3.05) is 11.9 Å². The summed E-state index contributed by atoms with van der Waals surface area (Å²) in [6.45, 7) is 0. The highest BCUT2D eigenvalue weighted by Gasteiger charge is 2.31. The summed E-state index contributed by atoms with van der Waals surface area (Å²) in [4.78, 5) is 13.3. The molecule has 20 heavy (non-hydrogen) atoms. The topological polar surface area (TPSA) is 49.0 Å². The fourth-order valence-electron chi connectivity index (χ4n) is 1.61. The zero-order chi connectivity index (χ0) is 14.9. The van der Waals surface area contributed by atoms with Gasteiger partial charge in [0.1, 0.15) is 4.60 Å². The van der Waals surface area contributed by atoms with Crippen LogP contribution in [0.15, 0.2) is 35.1 Å². The van der Waals surface area contributed by atoms with Crippen LogP contribution in [0.2, 0.25) is 0 Å². The van der Waals surface area contributed by atoms with Gasteiger partial charge < -0.3 is 4.90 Å². The minimum Gasteiger partial charge on any atom is -0.311 e. The Kier molecular flexibility index (Phi) is 3.85. The number of hydrogen-bond donors (Lipinski definition) is 1. The summed E-state index contributed by atoms with van der Waals surface area (Å²) in [5.41, 5.74) is -0.413. The number of hydrogen-bond acceptors (Lipinski definition) is 2. The van der Waals surface area contributed by atoms with Crippen LogP contribution in [0.25, 0.3) is 0 Å². The number of carbonyl (C=O) groups excluding carboxylic acids is 1. The van der Waals surface area contributed by atoms with Gasteiger partial charge in [0.2, 0.25) is 0 Å². The maximum absolute atomic E-state index is 12.6. The SMILES string of the molecule is CN(C(=O)c1cn[nH]c1Br)c1cccc(C(F)(F)F)c1. The van der Waals surface area contributed by atoms with Gasteiger partial charge >= 0.3 is 6.18 Å². The van der Waals surface area contributed by atoms with E-state index in [1.54, 1.807) is 0 Å². The maximum atomic E-state index is 12.6. The fraction of sp³-hybridized carbons (Fsp3) is 0.167. The molecule has 0 fully saturated rings. The van der Waals surface area contributed by atoms with E-state index < -0.39 is 17.6 Å². The highest BCUT2D eigenvalue weighted by atomic mass is 79.9. The maximum Gasteiger partial charge on any atom is 0.416 e. The number of anilines is 1. The predicted octanol–water partition coefficient (Wildman–Crippen LogP) is 3.47. The Morgan fingerprint density at radius 3 is 2.65 bits per heavy atom. The second-order valence-corrected chi connectivity index (χ2v) is 4.80. The van der Waals surface area contributed by atoms with Crippen LogP contribution in [0.5, 0.6) is 0 Å². The molecular weight excluding hydrogens is 339 g/mol. The van der Waals surface area contributed by atoms with Gasteiger partial charge in [0.25, 0.3) is 5.91 Å². The third-order valence-electron chi connectivity index (χ3n) is 2.69. The Labute approximate surface area is 120 Å². The van der Waals surface area contributed by atoms with E-state index in [-0.39, 0.29) is 11.3 Å². The number of alkyl halides is 3. The molecule has 1 aromatic carbocycles. The van der Waals surface area contributed by atoms with Gasteiger partial charge in [-0.05, 0) is 34.1 Å². The molecule has 0 aliphatic heterocycles. The van der Waals surface area contributed by atoms with E-state index in [1.165, 1.54) is 25.4 Å². The van der Waals surface area contributed by atoms with E-state index >= 15 is 0 Å². The monoisotopic (exact) mass is 347 g/mol. The highest BCUT2D eigenvalue weighted by Crippen LogP contribution is 2.31. The number of aromatic nitrogens is 2. The minimum absolute atomic E-state index is 0.151. The molecule has 0 atom stereocenters. The number of aromatic amines is 1. The summed E-state index contributed by atoms with van der Waals surface area (Å²) in [5, 5.41) is 6.21. The van der Waals surface area contributed by atoms with Gasteiger partial charge in [-0.25, -0.2) is 0 Å². The van der Waals surface area contributed by atoms with E-state index in [0.717, 1.165) is 17.0 Å². The molecule has 0 aliphatic rings. The first-order chi connectivity index (χ1) is 9.30. The van der Waals surface area contributed by atoms with Crippen LogP contribution < -0.4 is 4.90 Å². The fourth-order valence-corrected chi connectivity index (χ4v) is 1.98. The largest absolute Gasteiger partial charge is 0.416 e. The summed E-state index contributed by atoms with van der Waals surface area (Å²) >= 11 is 3.11. The first-order valence-corrected chi connectivity index (χ1v) is 6.24. The van der Waals surface area contributed by atoms with Crippen LogP contribution in [0.1, 0.15) is 15.9 Å². The summed E-state index contributed by atoms with van der Waals surface area (Å²) in [6, 6.07) is 4.56. The molecule has 0 saturated carbocycles. The number of carbonyl (C=O) groups is 1. The van der Waals surface area contributed by atoms with Gasteiger partial charge in [0.15, 0.2) is 0 Å². The van der Waals surface area contributed by atoms with E-state index in [9.17, 15) is 18.0 Å². The average Bonchev–Trinajstić information content (AvgIpc) is 2.82. The molecule has 4 nitrogen and oxygen atoms in total. The van der Waals surface area contributed by atoms with Crippen LogP contribution in [-0.2, 0) is 6.18 Å². The lowest BCUT2D eigenvalue weighted by molar-refractivity contribution is -0.137. The van der Waals surface area contributed by atoms with Crippen LogP contribution in [0.4, 0.5) is 18.9 Å². The number of nitrogens with zero attached hydrogens (tertiary/aromatic N) is 2. The van der Waals surface area contributed by atoms with E-state index in [1.807, 2.05) is 0 Å². The molecule has 0 saturated heterocycles. The van der Waals surface area contributed by atoms with Crippen molar-refractivity contribution < 1.29 is 18.0 Å². The van der Waals surface area contributed by atoms with Crippen molar-refractivity contribution in [3.8, 4) is 0 Å².